The van der Waals surface area contributed by atoms with Crippen LogP contribution in [0.15, 0.2) is 9.98 Å². The zero-order valence-electron chi connectivity index (χ0n) is 20.1. The van der Waals surface area contributed by atoms with Crippen molar-refractivity contribution in [1.82, 2.24) is 16.0 Å². The molecule has 18 nitrogen and oxygen atoms in total. The van der Waals surface area contributed by atoms with Crippen LogP contribution in [0.5, 0.6) is 0 Å². The van der Waals surface area contributed by atoms with Crippen molar-refractivity contribution in [2.24, 2.45) is 38.7 Å². The van der Waals surface area contributed by atoms with Crippen LogP contribution >= 0.6 is 0 Å². The van der Waals surface area contributed by atoms with Gasteiger partial charge in [0.05, 0.1) is 19.1 Å². The number of aliphatic hydroxyl groups excluding tert-OH is 1. The highest BCUT2D eigenvalue weighted by Crippen LogP contribution is 2.04. The number of carbonyl (C=O) groups is 5. The molecule has 0 saturated heterocycles. The lowest BCUT2D eigenvalue weighted by Gasteiger charge is -2.24. The Morgan fingerprint density at radius 2 is 1.14 bits per heavy atom. The minimum atomic E-state index is -1.57. The van der Waals surface area contributed by atoms with Crippen molar-refractivity contribution in [2.45, 2.75) is 56.3 Å². The minimum Gasteiger partial charge on any atom is -0.481 e. The van der Waals surface area contributed by atoms with E-state index in [1.54, 1.807) is 0 Å². The zero-order valence-corrected chi connectivity index (χ0v) is 20.1. The van der Waals surface area contributed by atoms with E-state index in [0.29, 0.717) is 0 Å². The molecule has 210 valence electrons. The van der Waals surface area contributed by atoms with E-state index in [4.69, 9.17) is 33.8 Å². The maximum absolute atomic E-state index is 12.8. The van der Waals surface area contributed by atoms with E-state index >= 15 is 0 Å². The molecule has 0 heterocycles. The van der Waals surface area contributed by atoms with E-state index < -0.39 is 66.9 Å². The molecule has 0 spiro atoms. The number of hydrogen-bond acceptors (Lipinski definition) is 9. The summed E-state index contributed by atoms with van der Waals surface area (Å²) in [5, 5.41) is 34.4. The van der Waals surface area contributed by atoms with Crippen LogP contribution in [0.3, 0.4) is 0 Å². The Morgan fingerprint density at radius 1 is 0.703 bits per heavy atom. The van der Waals surface area contributed by atoms with Gasteiger partial charge in [-0.1, -0.05) is 0 Å². The Labute approximate surface area is 212 Å². The highest BCUT2D eigenvalue weighted by atomic mass is 16.4. The smallest absolute Gasteiger partial charge is 0.326 e. The van der Waals surface area contributed by atoms with Crippen LogP contribution in [0.1, 0.15) is 32.1 Å². The van der Waals surface area contributed by atoms with E-state index in [0.717, 1.165) is 0 Å². The van der Waals surface area contributed by atoms with Gasteiger partial charge < -0.3 is 59.9 Å². The molecule has 3 amide bonds. The van der Waals surface area contributed by atoms with Crippen LogP contribution in [0, 0.1) is 0 Å². The van der Waals surface area contributed by atoms with Gasteiger partial charge in [-0.2, -0.15) is 0 Å². The molecule has 0 aliphatic carbocycles. The number of carboxylic acid groups (broad SMARTS) is 2. The van der Waals surface area contributed by atoms with Crippen LogP contribution < -0.4 is 44.6 Å². The lowest BCUT2D eigenvalue weighted by Crippen LogP contribution is -2.58. The van der Waals surface area contributed by atoms with Crippen molar-refractivity contribution < 1.29 is 39.3 Å². The van der Waals surface area contributed by atoms with E-state index in [2.05, 4.69) is 25.9 Å². The normalized spacial score (nSPS) is 13.7. The van der Waals surface area contributed by atoms with Crippen molar-refractivity contribution in [1.29, 1.82) is 0 Å². The summed E-state index contributed by atoms with van der Waals surface area (Å²) in [6, 6.07) is -5.70. The Hall–Kier alpha value is -4.19. The summed E-state index contributed by atoms with van der Waals surface area (Å²) in [4.78, 5) is 67.4. The van der Waals surface area contributed by atoms with Gasteiger partial charge >= 0.3 is 11.9 Å². The number of carboxylic acids is 2. The van der Waals surface area contributed by atoms with Crippen molar-refractivity contribution >= 4 is 41.6 Å². The van der Waals surface area contributed by atoms with Gasteiger partial charge in [-0.05, 0) is 25.7 Å². The van der Waals surface area contributed by atoms with Gasteiger partial charge in [0.25, 0.3) is 0 Å². The first-order valence-corrected chi connectivity index (χ1v) is 11.1. The lowest BCUT2D eigenvalue weighted by atomic mass is 10.1. The second-order valence-electron chi connectivity index (χ2n) is 7.81. The predicted molar refractivity (Wildman–Crippen MR) is 131 cm³/mol. The van der Waals surface area contributed by atoms with Gasteiger partial charge in [-0.3, -0.25) is 29.2 Å². The molecule has 0 saturated carbocycles. The largest absolute Gasteiger partial charge is 0.481 e. The number of aliphatic hydroxyl groups is 1. The number of nitrogens with zero attached hydrogens (tertiary/aromatic N) is 2. The summed E-state index contributed by atoms with van der Waals surface area (Å²) in [5.74, 6) is -5.94. The number of nitrogens with two attached hydrogens (primary N) is 5. The molecular weight excluding hydrogens is 496 g/mol. The predicted octanol–water partition coefficient (Wildman–Crippen LogP) is -5.57. The Bertz CT molecular complexity index is 858. The summed E-state index contributed by atoms with van der Waals surface area (Å²) in [5.41, 5.74) is 26.4. The van der Waals surface area contributed by atoms with Crippen LogP contribution in [0.25, 0.3) is 0 Å². The molecule has 0 aromatic rings. The first kappa shape index (κ1) is 32.8. The number of guanidine groups is 2. The number of aliphatic carboxylic acids is 2. The maximum atomic E-state index is 12.8. The van der Waals surface area contributed by atoms with E-state index in [9.17, 15) is 34.2 Å². The molecule has 0 rings (SSSR count). The molecule has 4 atom stereocenters. The number of nitrogens with one attached hydrogen (secondary N) is 3. The van der Waals surface area contributed by atoms with Crippen LogP contribution in [-0.4, -0.2) is 101 Å². The van der Waals surface area contributed by atoms with E-state index in [1.807, 2.05) is 0 Å². The third-order valence-electron chi connectivity index (χ3n) is 4.69. The van der Waals surface area contributed by atoms with Gasteiger partial charge in [0.2, 0.25) is 17.7 Å². The molecule has 0 radical (unpaired) electrons. The SMILES string of the molecule is NC(N)=NCCCC(NC(=O)C(CCCN=C(N)N)NC(=O)C(CO)NC(=O)C(N)CC(=O)O)C(=O)O. The molecule has 0 fully saturated rings. The number of amides is 3. The fraction of sp³-hybridized carbons (Fsp3) is 0.632. The van der Waals surface area contributed by atoms with Gasteiger partial charge in [0, 0.05) is 13.1 Å². The average Bonchev–Trinajstić information content (AvgIpc) is 2.79. The average molecular weight is 533 g/mol. The molecule has 16 N–H and O–H groups in total. The monoisotopic (exact) mass is 532 g/mol. The van der Waals surface area contributed by atoms with Crippen LogP contribution in [0.2, 0.25) is 0 Å². The van der Waals surface area contributed by atoms with Gasteiger partial charge in [-0.15, -0.1) is 0 Å². The summed E-state index contributed by atoms with van der Waals surface area (Å²) in [6.07, 6.45) is -0.367. The number of aliphatic imine (C=N–C) groups is 2. The van der Waals surface area contributed by atoms with Crippen LogP contribution in [-0.2, 0) is 24.0 Å². The molecule has 0 aliphatic rings. The quantitative estimate of drug-likeness (QED) is 0.0446. The van der Waals surface area contributed by atoms with Crippen molar-refractivity contribution in [3.05, 3.63) is 0 Å². The second kappa shape index (κ2) is 17.3. The first-order chi connectivity index (χ1) is 17.3. The lowest BCUT2D eigenvalue weighted by molar-refractivity contribution is -0.142. The first-order valence-electron chi connectivity index (χ1n) is 11.1. The Balaban J connectivity index is 5.43. The van der Waals surface area contributed by atoms with Gasteiger partial charge in [-0.25, -0.2) is 4.79 Å². The van der Waals surface area contributed by atoms with Gasteiger partial charge in [0.1, 0.15) is 18.1 Å². The third-order valence-corrected chi connectivity index (χ3v) is 4.69. The maximum Gasteiger partial charge on any atom is 0.326 e. The van der Waals surface area contributed by atoms with Crippen molar-refractivity contribution in [3.63, 3.8) is 0 Å². The van der Waals surface area contributed by atoms with E-state index in [-0.39, 0.29) is 50.7 Å². The Morgan fingerprint density at radius 3 is 1.57 bits per heavy atom. The fourth-order valence-electron chi connectivity index (χ4n) is 2.83. The molecule has 18 heteroatoms. The molecule has 0 aliphatic heterocycles. The molecule has 37 heavy (non-hydrogen) atoms. The summed E-state index contributed by atoms with van der Waals surface area (Å²) in [6.45, 7) is -0.683. The van der Waals surface area contributed by atoms with E-state index in [1.165, 1.54) is 0 Å². The fourth-order valence-corrected chi connectivity index (χ4v) is 2.83. The molecule has 0 aromatic heterocycles. The summed E-state index contributed by atoms with van der Waals surface area (Å²) < 4.78 is 0. The highest BCUT2D eigenvalue weighted by molar-refractivity contribution is 5.94. The topological polar surface area (TPSA) is 337 Å². The zero-order chi connectivity index (χ0) is 28.5. The highest BCUT2D eigenvalue weighted by Gasteiger charge is 2.30. The molecule has 0 bridgehead atoms. The van der Waals surface area contributed by atoms with Crippen molar-refractivity contribution in [3.8, 4) is 0 Å². The Kier molecular flexibility index (Phi) is 15.3. The van der Waals surface area contributed by atoms with Crippen molar-refractivity contribution in [2.75, 3.05) is 19.7 Å². The summed E-state index contributed by atoms with van der Waals surface area (Å²) in [7, 11) is 0. The number of rotatable bonds is 18. The number of hydrogen-bond donors (Lipinski definition) is 11. The number of carbonyl (C=O) groups excluding carboxylic acids is 3. The second-order valence-corrected chi connectivity index (χ2v) is 7.81. The van der Waals surface area contributed by atoms with Crippen LogP contribution in [0.4, 0.5) is 0 Å². The standard InChI is InChI=1S/C19H36N10O8/c20-9(7-13(31)32)14(33)29-12(8-30)16(35)27-10(3-1-5-25-18(21)22)15(34)28-11(17(36)37)4-2-6-26-19(23)24/h9-12,30H,1-8,20H2,(H,27,35)(H,28,34)(H,29,33)(H,31,32)(H,36,37)(H4,21,22,25)(H4,23,24,26). The minimum absolute atomic E-state index is 0.0245. The molecular formula is C19H36N10O8. The summed E-state index contributed by atoms with van der Waals surface area (Å²) >= 11 is 0. The molecule has 0 aromatic carbocycles. The van der Waals surface area contributed by atoms with Gasteiger partial charge in [0.15, 0.2) is 11.9 Å². The third kappa shape index (κ3) is 14.7. The molecule has 4 unspecified atom stereocenters.